The maximum atomic E-state index is 13.3. The van der Waals surface area contributed by atoms with Gasteiger partial charge in [0.05, 0.1) is 29.3 Å². The number of fused-ring (bicyclic) bond motifs is 3. The largest absolute Gasteiger partial charge is 0.494 e. The molecule has 6 heterocycles. The van der Waals surface area contributed by atoms with Gasteiger partial charge in [0.25, 0.3) is 0 Å². The standard InChI is InChI=1S/2C19H20F6N4O.C16H21N3O.C3H4F3NO2/c2*1-10-7-11(28-17(30)16(26)19(23,24)25)9-29(8-10)14-5-4-13(18(20,21)22)15-12(14)3-2-6-27-15;1-11-8-12(17)10-19(9-11)14-5-6-15(20-2)16-13(14)4-3-7-18-16;4-3(5,6)1(7)2(8)9/h2*2-6,10-11,16H,7-9,26H2,1H3,(H,28,30);3-7,11-12H,8-10,17H2,1-2H3;1H,7H2,(H,8,9)/t2*10-,11+,16?;11-,12+;/m000./s1. The molecule has 0 radical (unpaired) electrons. The van der Waals surface area contributed by atoms with Crippen LogP contribution in [0.3, 0.4) is 0 Å². The molecule has 0 saturated carbocycles. The van der Waals surface area contributed by atoms with Crippen LogP contribution in [0.25, 0.3) is 32.7 Å². The van der Waals surface area contributed by atoms with Gasteiger partial charge in [-0.3, -0.25) is 29.3 Å². The smallest absolute Gasteiger partial charge is 0.418 e. The van der Waals surface area contributed by atoms with Crippen LogP contribution in [0.15, 0.2) is 91.4 Å². The van der Waals surface area contributed by atoms with E-state index in [1.165, 1.54) is 54.5 Å². The summed E-state index contributed by atoms with van der Waals surface area (Å²) in [4.78, 5) is 51.3. The number of methoxy groups -OCH3 is 1. The Kier molecular flexibility index (Phi) is 22.5. The summed E-state index contributed by atoms with van der Waals surface area (Å²) >= 11 is 0. The van der Waals surface area contributed by atoms with Crippen molar-refractivity contribution in [1.82, 2.24) is 25.6 Å². The number of rotatable bonds is 9. The molecule has 3 unspecified atom stereocenters. The normalized spacial score (nSPS) is 21.2. The first-order valence-corrected chi connectivity index (χ1v) is 27.4. The molecule has 6 aromatic rings. The van der Waals surface area contributed by atoms with Crippen molar-refractivity contribution in [3.8, 4) is 5.75 Å². The number of carboxylic acid groups (broad SMARTS) is 1. The Morgan fingerprint density at radius 3 is 1.17 bits per heavy atom. The van der Waals surface area contributed by atoms with Gasteiger partial charge < -0.3 is 58.1 Å². The van der Waals surface area contributed by atoms with Crippen molar-refractivity contribution in [2.45, 2.75) is 107 Å². The molecule has 3 aliphatic rings. The Hall–Kier alpha value is -7.71. The summed E-state index contributed by atoms with van der Waals surface area (Å²) in [6, 6.07) is 9.70. The van der Waals surface area contributed by atoms with Gasteiger partial charge in [0.15, 0.2) is 18.1 Å². The lowest BCUT2D eigenvalue weighted by Gasteiger charge is -2.39. The molecule has 0 spiro atoms. The maximum Gasteiger partial charge on any atom is 0.418 e. The van der Waals surface area contributed by atoms with Crippen molar-refractivity contribution >= 4 is 67.6 Å². The Bertz CT molecular complexity index is 3250. The average molecular weight is 1280 g/mol. The highest BCUT2D eigenvalue weighted by Gasteiger charge is 2.45. The van der Waals surface area contributed by atoms with Gasteiger partial charge in [-0.1, -0.05) is 20.8 Å². The highest BCUT2D eigenvalue weighted by molar-refractivity contribution is 5.97. The molecule has 89 heavy (non-hydrogen) atoms. The first kappa shape index (κ1) is 70.4. The number of halogens is 15. The molecular formula is C57H65F15N12O5. The Labute approximate surface area is 499 Å². The molecule has 3 aromatic heterocycles. The number of ether oxygens (including phenoxy) is 1. The summed E-state index contributed by atoms with van der Waals surface area (Å²) in [5.74, 6) is -3.35. The number of nitrogens with zero attached hydrogens (tertiary/aromatic N) is 6. The van der Waals surface area contributed by atoms with Crippen LogP contribution in [0.1, 0.15) is 51.2 Å². The van der Waals surface area contributed by atoms with Crippen LogP contribution < -0.4 is 53.0 Å². The molecule has 9 rings (SSSR count). The van der Waals surface area contributed by atoms with Crippen LogP contribution in [-0.4, -0.2) is 139 Å². The number of carbonyl (C=O) groups is 3. The third-order valence-corrected chi connectivity index (χ3v) is 14.6. The van der Waals surface area contributed by atoms with E-state index in [0.717, 1.165) is 48.3 Å². The van der Waals surface area contributed by atoms with Crippen molar-refractivity contribution in [3.63, 3.8) is 0 Å². The first-order valence-electron chi connectivity index (χ1n) is 27.4. The number of pyridine rings is 3. The minimum absolute atomic E-state index is 0.0276. The highest BCUT2D eigenvalue weighted by Crippen LogP contribution is 2.41. The lowest BCUT2D eigenvalue weighted by molar-refractivity contribution is -0.174. The molecule has 9 atom stereocenters. The summed E-state index contributed by atoms with van der Waals surface area (Å²) in [6.45, 7) is 9.10. The van der Waals surface area contributed by atoms with E-state index in [-0.39, 0.29) is 52.8 Å². The number of nitrogens with one attached hydrogen (secondary N) is 2. The van der Waals surface area contributed by atoms with E-state index in [1.54, 1.807) is 23.1 Å². The molecule has 488 valence electrons. The van der Waals surface area contributed by atoms with E-state index in [4.69, 9.17) is 27.0 Å². The van der Waals surface area contributed by atoms with Crippen molar-refractivity contribution in [3.05, 3.63) is 103 Å². The number of carbonyl (C=O) groups excluding carboxylic acids is 2. The SMILES string of the molecule is COc1ccc(N2C[C@@H](C)C[C@@H](N)C2)c2cccnc12.C[C@H]1C[C@@H](NC(=O)C(N)C(F)(F)F)CN(c2ccc(C(F)(F)F)c3ncccc23)C1.C[C@H]1C[C@@H](NC(=O)C(N)C(F)(F)F)CN(c2ccc(C(F)(F)F)c3ncccc23)C1.NC(C(=O)O)C(F)(F)F. The number of carboxylic acids is 1. The van der Waals surface area contributed by atoms with Crippen LogP contribution in [0.5, 0.6) is 5.75 Å². The van der Waals surface area contributed by atoms with E-state index in [2.05, 4.69) is 55.3 Å². The minimum atomic E-state index is -4.86. The summed E-state index contributed by atoms with van der Waals surface area (Å²) in [6.07, 6.45) is -17.4. The molecular weight excluding hydrogens is 1220 g/mol. The van der Waals surface area contributed by atoms with E-state index >= 15 is 0 Å². The third kappa shape index (κ3) is 18.2. The Balaban J connectivity index is 0.000000202. The average Bonchev–Trinajstić information content (AvgIpc) is 0.958. The number of aromatic nitrogens is 3. The quantitative estimate of drug-likeness (QED) is 0.0666. The van der Waals surface area contributed by atoms with Crippen molar-refractivity contribution in [1.29, 1.82) is 0 Å². The molecule has 0 aliphatic carbocycles. The topological polar surface area (TPSA) is 257 Å². The predicted octanol–water partition coefficient (Wildman–Crippen LogP) is 9.33. The number of piperidine rings is 3. The zero-order valence-corrected chi connectivity index (χ0v) is 48.0. The number of hydrogen-bond donors (Lipinski definition) is 7. The van der Waals surface area contributed by atoms with Crippen molar-refractivity contribution in [2.75, 3.05) is 61.1 Å². The van der Waals surface area contributed by atoms with Crippen LogP contribution in [0.4, 0.5) is 82.9 Å². The minimum Gasteiger partial charge on any atom is -0.494 e. The van der Waals surface area contributed by atoms with Crippen LogP contribution in [-0.2, 0) is 26.7 Å². The lowest BCUT2D eigenvalue weighted by Crippen LogP contribution is -2.57. The number of nitrogens with two attached hydrogens (primary N) is 4. The molecule has 3 aliphatic heterocycles. The maximum absolute atomic E-state index is 13.3. The third-order valence-electron chi connectivity index (χ3n) is 14.6. The van der Waals surface area contributed by atoms with Gasteiger partial charge >= 0.3 is 36.9 Å². The molecule has 17 nitrogen and oxygen atoms in total. The van der Waals surface area contributed by atoms with Gasteiger partial charge in [0.1, 0.15) is 11.3 Å². The molecule has 2 amide bonds. The number of aliphatic carboxylic acids is 1. The van der Waals surface area contributed by atoms with Gasteiger partial charge in [-0.2, -0.15) is 65.9 Å². The zero-order chi connectivity index (χ0) is 66.3. The van der Waals surface area contributed by atoms with E-state index in [9.17, 15) is 80.2 Å². The van der Waals surface area contributed by atoms with Gasteiger partial charge in [-0.15, -0.1) is 0 Å². The summed E-state index contributed by atoms with van der Waals surface area (Å²) < 4.78 is 195. The second kappa shape index (κ2) is 28.4. The fraction of sp³-hybridized carbons (Fsp3) is 0.474. The van der Waals surface area contributed by atoms with Gasteiger partial charge in [0.2, 0.25) is 11.8 Å². The molecule has 0 bridgehead atoms. The van der Waals surface area contributed by atoms with Crippen LogP contribution in [0, 0.1) is 17.8 Å². The van der Waals surface area contributed by atoms with Gasteiger partial charge in [-0.05, 0) is 110 Å². The number of amides is 2. The summed E-state index contributed by atoms with van der Waals surface area (Å²) in [7, 11) is 1.68. The van der Waals surface area contributed by atoms with Gasteiger partial charge in [0, 0.05) is 109 Å². The number of anilines is 3. The lowest BCUT2D eigenvalue weighted by atomic mass is 9.94. The number of alkyl halides is 15. The monoisotopic (exact) mass is 1280 g/mol. The van der Waals surface area contributed by atoms with Crippen molar-refractivity contribution < 1.29 is 90.1 Å². The molecule has 3 saturated heterocycles. The summed E-state index contributed by atoms with van der Waals surface area (Å²) in [5, 5.41) is 14.0. The van der Waals surface area contributed by atoms with Crippen LogP contribution in [0.2, 0.25) is 0 Å². The fourth-order valence-corrected chi connectivity index (χ4v) is 10.8. The Morgan fingerprint density at radius 2 is 0.843 bits per heavy atom. The van der Waals surface area contributed by atoms with Crippen molar-refractivity contribution in [2.24, 2.45) is 40.7 Å². The predicted molar refractivity (Wildman–Crippen MR) is 301 cm³/mol. The summed E-state index contributed by atoms with van der Waals surface area (Å²) in [5.41, 5.74) is 21.2. The van der Waals surface area contributed by atoms with Crippen LogP contribution >= 0.6 is 0 Å². The van der Waals surface area contributed by atoms with E-state index < -0.39 is 90.0 Å². The molecule has 3 aromatic carbocycles. The zero-order valence-electron chi connectivity index (χ0n) is 48.0. The Morgan fingerprint density at radius 1 is 0.506 bits per heavy atom. The second-order valence-electron chi connectivity index (χ2n) is 22.1. The molecule has 3 fully saturated rings. The van der Waals surface area contributed by atoms with Gasteiger partial charge in [-0.25, -0.2) is 0 Å². The number of benzene rings is 3. The molecule has 32 heteroatoms. The second-order valence-corrected chi connectivity index (χ2v) is 22.1. The van der Waals surface area contributed by atoms with E-state index in [0.29, 0.717) is 43.2 Å². The highest BCUT2D eigenvalue weighted by atomic mass is 19.4. The first-order chi connectivity index (χ1) is 41.3. The van der Waals surface area contributed by atoms with E-state index in [1.807, 2.05) is 26.0 Å². The fourth-order valence-electron chi connectivity index (χ4n) is 10.8. The number of hydrogen-bond acceptors (Lipinski definition) is 14. The molecule has 11 N–H and O–H groups in total.